The summed E-state index contributed by atoms with van der Waals surface area (Å²) in [7, 11) is 1.65. The number of carbonyl (C=O) groups excluding carboxylic acids is 3. The highest BCUT2D eigenvalue weighted by atomic mass is 16.5. The molecule has 0 spiro atoms. The van der Waals surface area contributed by atoms with Gasteiger partial charge in [-0.1, -0.05) is 19.9 Å². The first-order valence-electron chi connectivity index (χ1n) is 7.02. The van der Waals surface area contributed by atoms with Gasteiger partial charge in [0.1, 0.15) is 0 Å². The lowest BCUT2D eigenvalue weighted by molar-refractivity contribution is -0.142. The minimum absolute atomic E-state index is 0.0629. The van der Waals surface area contributed by atoms with Gasteiger partial charge in [-0.2, -0.15) is 0 Å². The van der Waals surface area contributed by atoms with Gasteiger partial charge in [0.05, 0.1) is 18.7 Å². The van der Waals surface area contributed by atoms with Crippen molar-refractivity contribution in [3.05, 3.63) is 11.6 Å². The van der Waals surface area contributed by atoms with E-state index in [1.807, 2.05) is 13.8 Å². The molecule has 0 aliphatic heterocycles. The van der Waals surface area contributed by atoms with E-state index in [-0.39, 0.29) is 36.5 Å². The predicted molar refractivity (Wildman–Crippen MR) is 80.4 cm³/mol. The monoisotopic (exact) mass is 298 g/mol. The van der Waals surface area contributed by atoms with Gasteiger partial charge in [-0.15, -0.1) is 0 Å². The first-order valence-corrected chi connectivity index (χ1v) is 7.02. The van der Waals surface area contributed by atoms with Crippen LogP contribution in [0, 0.1) is 5.92 Å². The molecule has 0 heterocycles. The largest absolute Gasteiger partial charge is 0.460 e. The Kier molecular flexibility index (Phi) is 8.35. The van der Waals surface area contributed by atoms with Gasteiger partial charge in [0.15, 0.2) is 0 Å². The molecule has 21 heavy (non-hydrogen) atoms. The molecule has 1 N–H and O–H groups in total. The number of esters is 1. The summed E-state index contributed by atoms with van der Waals surface area (Å²) in [5.74, 6) is -0.485. The second-order valence-corrected chi connectivity index (χ2v) is 5.54. The van der Waals surface area contributed by atoms with Gasteiger partial charge in [0.2, 0.25) is 12.3 Å². The van der Waals surface area contributed by atoms with Crippen LogP contribution in [0.2, 0.25) is 0 Å². The molecule has 0 radical (unpaired) electrons. The third-order valence-corrected chi connectivity index (χ3v) is 2.95. The molecule has 0 unspecified atom stereocenters. The zero-order valence-corrected chi connectivity index (χ0v) is 13.7. The molecule has 2 amide bonds. The number of likely N-dealkylation sites (N-methyl/N-ethyl adjacent to an activating group) is 1. The maximum absolute atomic E-state index is 11.9. The molecule has 0 saturated heterocycles. The summed E-state index contributed by atoms with van der Waals surface area (Å²) >= 11 is 0. The number of nitrogens with one attached hydrogen (secondary N) is 1. The Bertz CT molecular complexity index is 402. The van der Waals surface area contributed by atoms with Crippen molar-refractivity contribution < 1.29 is 19.1 Å². The summed E-state index contributed by atoms with van der Waals surface area (Å²) in [6.45, 7) is 9.09. The highest BCUT2D eigenvalue weighted by molar-refractivity contribution is 5.88. The molecule has 0 saturated carbocycles. The fourth-order valence-electron chi connectivity index (χ4n) is 1.80. The molecule has 0 aromatic carbocycles. The smallest absolute Gasteiger partial charge is 0.333 e. The van der Waals surface area contributed by atoms with Crippen LogP contribution in [-0.2, 0) is 19.1 Å². The molecule has 0 rings (SSSR count). The van der Waals surface area contributed by atoms with Crippen molar-refractivity contribution >= 4 is 18.3 Å². The van der Waals surface area contributed by atoms with E-state index in [1.165, 1.54) is 4.90 Å². The van der Waals surface area contributed by atoms with Crippen molar-refractivity contribution in [2.45, 2.75) is 46.8 Å². The standard InChI is InChI=1S/C15H26N2O4/c1-10(2)13(17(6)14(19)8-16-9-18)7-12(5)15(20)21-11(3)4/h7,9-11,13H,8H2,1-6H3,(H,16,18)/b12-7+/t13-/m1/s1. The van der Waals surface area contributed by atoms with E-state index in [0.717, 1.165) is 0 Å². The lowest BCUT2D eigenvalue weighted by Gasteiger charge is -2.29. The highest BCUT2D eigenvalue weighted by Crippen LogP contribution is 2.14. The molecule has 1 atom stereocenters. The van der Waals surface area contributed by atoms with Crippen LogP contribution in [0.25, 0.3) is 0 Å². The van der Waals surface area contributed by atoms with Crippen LogP contribution < -0.4 is 5.32 Å². The number of amides is 2. The van der Waals surface area contributed by atoms with E-state index in [0.29, 0.717) is 12.0 Å². The molecule has 0 aromatic rings. The zero-order chi connectivity index (χ0) is 16.6. The van der Waals surface area contributed by atoms with E-state index >= 15 is 0 Å². The van der Waals surface area contributed by atoms with Gasteiger partial charge < -0.3 is 15.0 Å². The van der Waals surface area contributed by atoms with Crippen molar-refractivity contribution in [1.29, 1.82) is 0 Å². The Hall–Kier alpha value is -1.85. The fourth-order valence-corrected chi connectivity index (χ4v) is 1.80. The average Bonchev–Trinajstić information content (AvgIpc) is 2.39. The maximum atomic E-state index is 11.9. The quantitative estimate of drug-likeness (QED) is 0.414. The number of ether oxygens (including phenoxy) is 1. The predicted octanol–water partition coefficient (Wildman–Crippen LogP) is 1.11. The van der Waals surface area contributed by atoms with E-state index in [4.69, 9.17) is 4.74 Å². The van der Waals surface area contributed by atoms with Crippen LogP contribution >= 0.6 is 0 Å². The van der Waals surface area contributed by atoms with Crippen molar-refractivity contribution in [1.82, 2.24) is 10.2 Å². The molecular formula is C15H26N2O4. The summed E-state index contributed by atoms with van der Waals surface area (Å²) in [6.07, 6.45) is 2.03. The number of nitrogens with zero attached hydrogens (tertiary/aromatic N) is 1. The molecule has 0 aliphatic rings. The molecule has 0 fully saturated rings. The SMILES string of the molecule is C/C(=C\[C@H](C(C)C)N(C)C(=O)CNC=O)C(=O)OC(C)C. The number of rotatable bonds is 8. The normalized spacial score (nSPS) is 13.0. The van der Waals surface area contributed by atoms with E-state index < -0.39 is 0 Å². The lowest BCUT2D eigenvalue weighted by atomic mass is 10.00. The summed E-state index contributed by atoms with van der Waals surface area (Å²) in [6, 6.07) is -0.245. The van der Waals surface area contributed by atoms with Gasteiger partial charge in [0.25, 0.3) is 0 Å². The van der Waals surface area contributed by atoms with Crippen LogP contribution in [0.3, 0.4) is 0 Å². The highest BCUT2D eigenvalue weighted by Gasteiger charge is 2.22. The van der Waals surface area contributed by atoms with Crippen LogP contribution in [0.1, 0.15) is 34.6 Å². The first kappa shape index (κ1) is 19.1. The lowest BCUT2D eigenvalue weighted by Crippen LogP contribution is -2.43. The topological polar surface area (TPSA) is 75.7 Å². The van der Waals surface area contributed by atoms with Crippen molar-refractivity contribution in [3.8, 4) is 0 Å². The van der Waals surface area contributed by atoms with Crippen LogP contribution in [0.4, 0.5) is 0 Å². The van der Waals surface area contributed by atoms with Crippen LogP contribution in [0.15, 0.2) is 11.6 Å². The van der Waals surface area contributed by atoms with E-state index in [1.54, 1.807) is 33.9 Å². The summed E-state index contributed by atoms with van der Waals surface area (Å²) in [4.78, 5) is 35.5. The number of hydrogen-bond acceptors (Lipinski definition) is 4. The summed E-state index contributed by atoms with van der Waals surface area (Å²) in [5.41, 5.74) is 0.463. The Labute approximate surface area is 126 Å². The number of carbonyl (C=O) groups is 3. The minimum atomic E-state index is -0.387. The van der Waals surface area contributed by atoms with Crippen molar-refractivity contribution in [3.63, 3.8) is 0 Å². The summed E-state index contributed by atoms with van der Waals surface area (Å²) in [5, 5.41) is 2.34. The Morgan fingerprint density at radius 2 is 1.81 bits per heavy atom. The fraction of sp³-hybridized carbons (Fsp3) is 0.667. The summed E-state index contributed by atoms with van der Waals surface area (Å²) < 4.78 is 5.13. The molecule has 0 aliphatic carbocycles. The van der Waals surface area contributed by atoms with Gasteiger partial charge in [-0.05, 0) is 26.7 Å². The minimum Gasteiger partial charge on any atom is -0.460 e. The van der Waals surface area contributed by atoms with E-state index in [9.17, 15) is 14.4 Å². The second-order valence-electron chi connectivity index (χ2n) is 5.54. The molecule has 6 nitrogen and oxygen atoms in total. The Morgan fingerprint density at radius 3 is 2.24 bits per heavy atom. The van der Waals surface area contributed by atoms with Gasteiger partial charge in [0, 0.05) is 12.6 Å². The molecule has 6 heteroatoms. The molecular weight excluding hydrogens is 272 g/mol. The molecule has 0 bridgehead atoms. The van der Waals surface area contributed by atoms with E-state index in [2.05, 4.69) is 5.32 Å². The molecule has 120 valence electrons. The third kappa shape index (κ3) is 6.92. The maximum Gasteiger partial charge on any atom is 0.333 e. The van der Waals surface area contributed by atoms with Crippen LogP contribution in [0.5, 0.6) is 0 Å². The van der Waals surface area contributed by atoms with Gasteiger partial charge in [-0.25, -0.2) is 4.79 Å². The van der Waals surface area contributed by atoms with Crippen molar-refractivity contribution in [2.75, 3.05) is 13.6 Å². The number of hydrogen-bond donors (Lipinski definition) is 1. The van der Waals surface area contributed by atoms with Gasteiger partial charge >= 0.3 is 5.97 Å². The molecule has 0 aromatic heterocycles. The third-order valence-electron chi connectivity index (χ3n) is 2.95. The van der Waals surface area contributed by atoms with Crippen LogP contribution in [-0.4, -0.2) is 48.9 Å². The van der Waals surface area contributed by atoms with Crippen molar-refractivity contribution in [2.24, 2.45) is 5.92 Å². The average molecular weight is 298 g/mol. The van der Waals surface area contributed by atoms with Gasteiger partial charge in [-0.3, -0.25) is 9.59 Å². The Morgan fingerprint density at radius 1 is 1.24 bits per heavy atom. The first-order chi connectivity index (χ1) is 9.70. The zero-order valence-electron chi connectivity index (χ0n) is 13.7. The second kappa shape index (κ2) is 9.15. The Balaban J connectivity index is 5.01.